The monoisotopic (exact) mass is 473 g/mol. The van der Waals surface area contributed by atoms with Crippen LogP contribution in [0.5, 0.6) is 0 Å². The Morgan fingerprint density at radius 1 is 1.06 bits per heavy atom. The van der Waals surface area contributed by atoms with E-state index in [-0.39, 0.29) is 11.7 Å². The molecule has 0 bridgehead atoms. The van der Waals surface area contributed by atoms with Crippen molar-refractivity contribution in [1.29, 1.82) is 0 Å². The van der Waals surface area contributed by atoms with Crippen molar-refractivity contribution >= 4 is 67.4 Å². The second kappa shape index (κ2) is 9.09. The molecule has 0 fully saturated rings. The molecular formula is C22H17Cl2N3O3S. The van der Waals surface area contributed by atoms with Crippen molar-refractivity contribution < 1.29 is 14.0 Å². The van der Waals surface area contributed by atoms with Gasteiger partial charge in [0.05, 0.1) is 15.2 Å². The van der Waals surface area contributed by atoms with Crippen LogP contribution in [0.2, 0.25) is 10.0 Å². The quantitative estimate of drug-likeness (QED) is 0.320. The van der Waals surface area contributed by atoms with Gasteiger partial charge in [-0.25, -0.2) is 4.98 Å². The summed E-state index contributed by atoms with van der Waals surface area (Å²) in [5, 5.41) is 7.13. The van der Waals surface area contributed by atoms with Crippen molar-refractivity contribution in [3.8, 4) is 11.3 Å². The molecule has 4 aromatic rings. The number of rotatable bonds is 6. The van der Waals surface area contributed by atoms with E-state index in [1.807, 2.05) is 6.92 Å². The van der Waals surface area contributed by atoms with E-state index in [0.717, 1.165) is 16.6 Å². The van der Waals surface area contributed by atoms with Crippen LogP contribution in [0, 0.1) is 0 Å². The number of thiazole rings is 1. The van der Waals surface area contributed by atoms with E-state index < -0.39 is 5.91 Å². The Morgan fingerprint density at radius 3 is 2.71 bits per heavy atom. The van der Waals surface area contributed by atoms with Crippen molar-refractivity contribution in [2.24, 2.45) is 0 Å². The molecule has 2 N–H and O–H groups in total. The fraction of sp³-hybridized carbons (Fsp3) is 0.136. The highest BCUT2D eigenvalue weighted by molar-refractivity contribution is 7.22. The Labute approximate surface area is 192 Å². The lowest BCUT2D eigenvalue weighted by Crippen LogP contribution is -2.10. The molecule has 4 rings (SSSR count). The number of nitrogens with zero attached hydrogens (tertiary/aromatic N) is 1. The lowest BCUT2D eigenvalue weighted by molar-refractivity contribution is -0.116. The third-order valence-corrected chi connectivity index (χ3v) is 5.89. The highest BCUT2D eigenvalue weighted by Gasteiger charge is 2.15. The molecule has 2 amide bonds. The molecule has 2 heterocycles. The Hall–Kier alpha value is -2.87. The molecule has 2 aromatic carbocycles. The first-order valence-electron chi connectivity index (χ1n) is 9.50. The lowest BCUT2D eigenvalue weighted by Gasteiger charge is -2.04. The van der Waals surface area contributed by atoms with Gasteiger partial charge in [0.25, 0.3) is 5.91 Å². The average Bonchev–Trinajstić information content (AvgIpc) is 3.36. The first kappa shape index (κ1) is 21.4. The van der Waals surface area contributed by atoms with E-state index in [9.17, 15) is 9.59 Å². The van der Waals surface area contributed by atoms with Crippen LogP contribution >= 0.6 is 34.5 Å². The highest BCUT2D eigenvalue weighted by atomic mass is 35.5. The zero-order valence-electron chi connectivity index (χ0n) is 16.4. The summed E-state index contributed by atoms with van der Waals surface area (Å²) in [6.07, 6.45) is 1.22. The molecule has 0 saturated carbocycles. The number of benzene rings is 2. The van der Waals surface area contributed by atoms with Gasteiger partial charge in [0.1, 0.15) is 5.76 Å². The second-order valence-electron chi connectivity index (χ2n) is 6.74. The molecule has 0 radical (unpaired) electrons. The number of anilines is 2. The molecule has 0 spiro atoms. The number of nitrogens with one attached hydrogen (secondary N) is 2. The minimum atomic E-state index is -0.398. The summed E-state index contributed by atoms with van der Waals surface area (Å²) in [6.45, 7) is 1.94. The number of carbonyl (C=O) groups is 2. The van der Waals surface area contributed by atoms with Gasteiger partial charge in [-0.3, -0.25) is 9.59 Å². The molecule has 0 aliphatic rings. The Morgan fingerprint density at radius 2 is 1.90 bits per heavy atom. The van der Waals surface area contributed by atoms with Crippen LogP contribution in [-0.2, 0) is 4.79 Å². The predicted octanol–water partition coefficient (Wildman–Crippen LogP) is 6.85. The van der Waals surface area contributed by atoms with Gasteiger partial charge in [-0.2, -0.15) is 0 Å². The molecule has 158 valence electrons. The molecular weight excluding hydrogens is 457 g/mol. The van der Waals surface area contributed by atoms with Crippen molar-refractivity contribution in [2.75, 3.05) is 10.6 Å². The Kier molecular flexibility index (Phi) is 6.27. The Balaban J connectivity index is 1.50. The number of amides is 2. The number of hydrogen-bond donors (Lipinski definition) is 2. The van der Waals surface area contributed by atoms with Crippen molar-refractivity contribution in [3.63, 3.8) is 0 Å². The summed E-state index contributed by atoms with van der Waals surface area (Å²) in [5.74, 6) is 0.124. The van der Waals surface area contributed by atoms with Gasteiger partial charge in [-0.15, -0.1) is 0 Å². The predicted molar refractivity (Wildman–Crippen MR) is 125 cm³/mol. The van der Waals surface area contributed by atoms with Crippen LogP contribution in [0.4, 0.5) is 10.8 Å². The van der Waals surface area contributed by atoms with E-state index in [2.05, 4.69) is 15.6 Å². The second-order valence-corrected chi connectivity index (χ2v) is 8.62. The van der Waals surface area contributed by atoms with E-state index >= 15 is 0 Å². The summed E-state index contributed by atoms with van der Waals surface area (Å²) < 4.78 is 6.53. The summed E-state index contributed by atoms with van der Waals surface area (Å²) in [7, 11) is 0. The first-order valence-corrected chi connectivity index (χ1v) is 11.1. The number of furan rings is 1. The molecule has 0 aliphatic carbocycles. The maximum absolute atomic E-state index is 12.6. The van der Waals surface area contributed by atoms with E-state index in [1.54, 1.807) is 48.5 Å². The molecule has 6 nitrogen and oxygen atoms in total. The molecule has 9 heteroatoms. The molecule has 2 aromatic heterocycles. The van der Waals surface area contributed by atoms with Gasteiger partial charge in [0.15, 0.2) is 10.9 Å². The van der Waals surface area contributed by atoms with Gasteiger partial charge in [-0.1, -0.05) is 41.5 Å². The number of carbonyl (C=O) groups excluding carboxylic acids is 2. The van der Waals surface area contributed by atoms with Crippen LogP contribution in [0.25, 0.3) is 21.5 Å². The molecule has 0 saturated heterocycles. The normalized spacial score (nSPS) is 10.9. The molecule has 0 atom stereocenters. The smallest absolute Gasteiger partial charge is 0.291 e. The summed E-state index contributed by atoms with van der Waals surface area (Å²) in [6, 6.07) is 13.6. The lowest BCUT2D eigenvalue weighted by atomic mass is 10.2. The standard InChI is InChI=1S/C22H17Cl2N3O3S/c1-2-3-20(28)27-22-26-16-7-5-13(11-19(16)31-22)25-21(29)18-9-8-17(30-18)14-10-12(23)4-6-15(14)24/h4-11H,2-3H2,1H3,(H,25,29)(H,26,27,28). The molecule has 31 heavy (non-hydrogen) atoms. The fourth-order valence-electron chi connectivity index (χ4n) is 2.95. The van der Waals surface area contributed by atoms with E-state index in [0.29, 0.717) is 38.6 Å². The van der Waals surface area contributed by atoms with Gasteiger partial charge < -0.3 is 15.1 Å². The van der Waals surface area contributed by atoms with Crippen LogP contribution in [-0.4, -0.2) is 16.8 Å². The zero-order valence-corrected chi connectivity index (χ0v) is 18.7. The van der Waals surface area contributed by atoms with Crippen molar-refractivity contribution in [2.45, 2.75) is 19.8 Å². The Bertz CT molecular complexity index is 1280. The molecule has 0 aliphatic heterocycles. The first-order chi connectivity index (χ1) is 14.9. The minimum absolute atomic E-state index is 0.0662. The minimum Gasteiger partial charge on any atom is -0.451 e. The van der Waals surface area contributed by atoms with Gasteiger partial charge >= 0.3 is 0 Å². The van der Waals surface area contributed by atoms with Crippen LogP contribution < -0.4 is 10.6 Å². The summed E-state index contributed by atoms with van der Waals surface area (Å²) >= 11 is 13.6. The largest absolute Gasteiger partial charge is 0.451 e. The van der Waals surface area contributed by atoms with Crippen LogP contribution in [0.15, 0.2) is 52.9 Å². The van der Waals surface area contributed by atoms with E-state index in [1.165, 1.54) is 11.3 Å². The zero-order chi connectivity index (χ0) is 22.0. The van der Waals surface area contributed by atoms with E-state index in [4.69, 9.17) is 27.6 Å². The fourth-order valence-corrected chi connectivity index (χ4v) is 4.25. The molecule has 0 unspecified atom stereocenters. The van der Waals surface area contributed by atoms with Gasteiger partial charge in [0.2, 0.25) is 5.91 Å². The summed E-state index contributed by atoms with van der Waals surface area (Å²) in [4.78, 5) is 28.8. The maximum atomic E-state index is 12.6. The van der Waals surface area contributed by atoms with Crippen LogP contribution in [0.3, 0.4) is 0 Å². The summed E-state index contributed by atoms with van der Waals surface area (Å²) in [5.41, 5.74) is 1.94. The van der Waals surface area contributed by atoms with Crippen molar-refractivity contribution in [3.05, 3.63) is 64.3 Å². The topological polar surface area (TPSA) is 84.2 Å². The number of aromatic nitrogens is 1. The van der Waals surface area contributed by atoms with Crippen LogP contribution in [0.1, 0.15) is 30.3 Å². The number of halogens is 2. The highest BCUT2D eigenvalue weighted by Crippen LogP contribution is 2.32. The average molecular weight is 474 g/mol. The number of hydrogen-bond acceptors (Lipinski definition) is 5. The SMILES string of the molecule is CCCC(=O)Nc1nc2ccc(NC(=O)c3ccc(-c4cc(Cl)ccc4Cl)o3)cc2s1. The maximum Gasteiger partial charge on any atom is 0.291 e. The van der Waals surface area contributed by atoms with Gasteiger partial charge in [-0.05, 0) is 55.0 Å². The van der Waals surface area contributed by atoms with Gasteiger partial charge in [0, 0.05) is 22.7 Å². The number of fused-ring (bicyclic) bond motifs is 1. The third kappa shape index (κ3) is 4.90. The third-order valence-electron chi connectivity index (χ3n) is 4.39. The van der Waals surface area contributed by atoms with Crippen molar-refractivity contribution in [1.82, 2.24) is 4.98 Å².